The molecule has 0 unspecified atom stereocenters. The number of nitrogens with one attached hydrogen (secondary N) is 1. The zero-order valence-electron chi connectivity index (χ0n) is 11.5. The van der Waals surface area contributed by atoms with Crippen molar-refractivity contribution in [3.8, 4) is 0 Å². The minimum atomic E-state index is -0.187. The fourth-order valence-electron chi connectivity index (χ4n) is 1.75. The topological polar surface area (TPSA) is 59.1 Å². The van der Waals surface area contributed by atoms with Crippen molar-refractivity contribution < 1.29 is 9.59 Å². The maximum atomic E-state index is 11.9. The zero-order chi connectivity index (χ0) is 14.5. The second kappa shape index (κ2) is 6.43. The number of carbonyl (C=O) groups excluding carboxylic acids is 2. The molecule has 4 nitrogen and oxygen atoms in total. The monoisotopic (exact) mass is 288 g/mol. The number of aryl methyl sites for hydroxylation is 2. The Kier molecular flexibility index (Phi) is 4.63. The number of Topliss-reactive ketones (excluding diaryl/α,β-unsaturated/α-hetero) is 1. The first-order chi connectivity index (χ1) is 9.56. The number of aromatic nitrogens is 1. The number of hydrogen-bond donors (Lipinski definition) is 1. The molecule has 2 aromatic rings. The Morgan fingerprint density at radius 1 is 1.20 bits per heavy atom. The van der Waals surface area contributed by atoms with E-state index >= 15 is 0 Å². The number of anilines is 1. The summed E-state index contributed by atoms with van der Waals surface area (Å²) in [6.45, 7) is 3.83. The van der Waals surface area contributed by atoms with E-state index in [2.05, 4.69) is 10.3 Å². The maximum absolute atomic E-state index is 11.9. The van der Waals surface area contributed by atoms with Crippen molar-refractivity contribution in [1.29, 1.82) is 0 Å². The summed E-state index contributed by atoms with van der Waals surface area (Å²) in [5, 5.41) is 2.72. The van der Waals surface area contributed by atoms with E-state index in [4.69, 9.17) is 0 Å². The van der Waals surface area contributed by atoms with Crippen LogP contribution in [0.15, 0.2) is 30.5 Å². The molecule has 0 bridgehead atoms. The van der Waals surface area contributed by atoms with Crippen molar-refractivity contribution in [1.82, 2.24) is 4.98 Å². The van der Waals surface area contributed by atoms with E-state index in [0.29, 0.717) is 10.7 Å². The Morgan fingerprint density at radius 2 is 2.00 bits per heavy atom. The molecule has 1 amide bonds. The van der Waals surface area contributed by atoms with Gasteiger partial charge in [0, 0.05) is 23.9 Å². The lowest BCUT2D eigenvalue weighted by Gasteiger charge is -2.06. The van der Waals surface area contributed by atoms with Crippen LogP contribution in [0, 0.1) is 13.8 Å². The molecule has 0 spiro atoms. The van der Waals surface area contributed by atoms with Gasteiger partial charge < -0.3 is 5.32 Å². The fraction of sp³-hybridized carbons (Fsp3) is 0.267. The molecule has 0 fully saturated rings. The van der Waals surface area contributed by atoms with Gasteiger partial charge in [-0.1, -0.05) is 6.07 Å². The number of amides is 1. The van der Waals surface area contributed by atoms with Crippen molar-refractivity contribution in [3.63, 3.8) is 0 Å². The molecule has 0 saturated carbocycles. The van der Waals surface area contributed by atoms with E-state index in [0.717, 1.165) is 10.4 Å². The predicted molar refractivity (Wildman–Crippen MR) is 80.2 cm³/mol. The van der Waals surface area contributed by atoms with Gasteiger partial charge in [0.25, 0.3) is 0 Å². The Labute approximate surface area is 121 Å². The highest BCUT2D eigenvalue weighted by molar-refractivity contribution is 7.14. The van der Waals surface area contributed by atoms with Gasteiger partial charge in [-0.15, -0.1) is 11.3 Å². The van der Waals surface area contributed by atoms with Gasteiger partial charge in [0.05, 0.1) is 4.88 Å². The lowest BCUT2D eigenvalue weighted by atomic mass is 10.2. The van der Waals surface area contributed by atoms with Crippen molar-refractivity contribution >= 4 is 28.8 Å². The largest absolute Gasteiger partial charge is 0.310 e. The fourth-order valence-corrected chi connectivity index (χ4v) is 2.58. The number of ketones is 1. The van der Waals surface area contributed by atoms with E-state index in [-0.39, 0.29) is 24.5 Å². The van der Waals surface area contributed by atoms with Crippen LogP contribution < -0.4 is 5.32 Å². The van der Waals surface area contributed by atoms with Crippen LogP contribution in [0.1, 0.15) is 33.0 Å². The summed E-state index contributed by atoms with van der Waals surface area (Å²) in [7, 11) is 0. The van der Waals surface area contributed by atoms with E-state index < -0.39 is 0 Å². The number of rotatable bonds is 5. The van der Waals surface area contributed by atoms with Crippen molar-refractivity contribution in [2.45, 2.75) is 26.7 Å². The molecule has 0 aliphatic heterocycles. The van der Waals surface area contributed by atoms with Gasteiger partial charge in [-0.2, -0.15) is 0 Å². The highest BCUT2D eigenvalue weighted by atomic mass is 32.1. The number of thiophene rings is 1. The molecule has 0 aliphatic rings. The van der Waals surface area contributed by atoms with Crippen LogP contribution in [-0.2, 0) is 4.79 Å². The molecule has 104 valence electrons. The first-order valence-corrected chi connectivity index (χ1v) is 7.19. The average Bonchev–Trinajstić information content (AvgIpc) is 2.85. The molecule has 2 aromatic heterocycles. The first-order valence-electron chi connectivity index (χ1n) is 6.37. The van der Waals surface area contributed by atoms with Crippen LogP contribution in [0.25, 0.3) is 0 Å². The number of hydrogen-bond acceptors (Lipinski definition) is 4. The van der Waals surface area contributed by atoms with Crippen LogP contribution in [0.4, 0.5) is 5.82 Å². The van der Waals surface area contributed by atoms with Crippen LogP contribution in [-0.4, -0.2) is 16.7 Å². The smallest absolute Gasteiger partial charge is 0.225 e. The summed E-state index contributed by atoms with van der Waals surface area (Å²) in [5.74, 6) is 0.376. The van der Waals surface area contributed by atoms with E-state index in [1.54, 1.807) is 6.20 Å². The van der Waals surface area contributed by atoms with E-state index in [9.17, 15) is 9.59 Å². The molecule has 2 rings (SSSR count). The molecule has 5 heteroatoms. The molecule has 0 aliphatic carbocycles. The molecular weight excluding hydrogens is 272 g/mol. The minimum absolute atomic E-state index is 0.0102. The van der Waals surface area contributed by atoms with Crippen LogP contribution >= 0.6 is 11.3 Å². The third-order valence-corrected chi connectivity index (χ3v) is 3.90. The third kappa shape index (κ3) is 3.74. The van der Waals surface area contributed by atoms with Gasteiger partial charge in [-0.3, -0.25) is 9.59 Å². The Hall–Kier alpha value is -2.01. The summed E-state index contributed by atoms with van der Waals surface area (Å²) in [6, 6.07) is 7.41. The maximum Gasteiger partial charge on any atom is 0.225 e. The van der Waals surface area contributed by atoms with E-state index in [1.807, 2.05) is 38.1 Å². The van der Waals surface area contributed by atoms with Crippen LogP contribution in [0.5, 0.6) is 0 Å². The van der Waals surface area contributed by atoms with E-state index in [1.165, 1.54) is 11.3 Å². The summed E-state index contributed by atoms with van der Waals surface area (Å²) >= 11 is 1.46. The molecule has 0 aromatic carbocycles. The van der Waals surface area contributed by atoms with Crippen LogP contribution in [0.3, 0.4) is 0 Å². The van der Waals surface area contributed by atoms with Crippen molar-refractivity contribution in [3.05, 3.63) is 45.8 Å². The first kappa shape index (κ1) is 14.4. The summed E-state index contributed by atoms with van der Waals surface area (Å²) < 4.78 is 0. The van der Waals surface area contributed by atoms with Gasteiger partial charge >= 0.3 is 0 Å². The van der Waals surface area contributed by atoms with Gasteiger partial charge in [0.15, 0.2) is 5.78 Å². The molecular formula is C15H16N2O2S. The lowest BCUT2D eigenvalue weighted by molar-refractivity contribution is -0.116. The molecule has 20 heavy (non-hydrogen) atoms. The van der Waals surface area contributed by atoms with Gasteiger partial charge in [0.2, 0.25) is 5.91 Å². The number of carbonyl (C=O) groups is 2. The van der Waals surface area contributed by atoms with Gasteiger partial charge in [-0.05, 0) is 37.6 Å². The lowest BCUT2D eigenvalue weighted by Crippen LogP contribution is -2.14. The summed E-state index contributed by atoms with van der Waals surface area (Å²) in [6.07, 6.45) is 2.02. The summed E-state index contributed by atoms with van der Waals surface area (Å²) in [5.41, 5.74) is 0.904. The molecule has 2 heterocycles. The molecule has 0 radical (unpaired) electrons. The molecule has 0 saturated heterocycles. The zero-order valence-corrected chi connectivity index (χ0v) is 12.3. The SMILES string of the molecule is Cc1ccc(C(=O)CCC(=O)Nc2ncccc2C)s1. The van der Waals surface area contributed by atoms with Crippen molar-refractivity contribution in [2.75, 3.05) is 5.32 Å². The van der Waals surface area contributed by atoms with Crippen molar-refractivity contribution in [2.24, 2.45) is 0 Å². The molecule has 1 N–H and O–H groups in total. The quantitative estimate of drug-likeness (QED) is 0.858. The highest BCUT2D eigenvalue weighted by Gasteiger charge is 2.12. The normalized spacial score (nSPS) is 10.3. The molecule has 0 atom stereocenters. The average molecular weight is 288 g/mol. The summed E-state index contributed by atoms with van der Waals surface area (Å²) in [4.78, 5) is 29.6. The standard InChI is InChI=1S/C15H16N2O2S/c1-10-4-3-9-16-15(10)17-14(19)8-6-12(18)13-7-5-11(2)20-13/h3-5,7,9H,6,8H2,1-2H3,(H,16,17,19). The Bertz CT molecular complexity index is 634. The second-order valence-corrected chi connectivity index (χ2v) is 5.84. The third-order valence-electron chi connectivity index (χ3n) is 2.86. The van der Waals surface area contributed by atoms with Crippen LogP contribution in [0.2, 0.25) is 0 Å². The highest BCUT2D eigenvalue weighted by Crippen LogP contribution is 2.18. The second-order valence-electron chi connectivity index (χ2n) is 4.55. The van der Waals surface area contributed by atoms with Gasteiger partial charge in [-0.25, -0.2) is 4.98 Å². The number of pyridine rings is 1. The minimum Gasteiger partial charge on any atom is -0.310 e. The Morgan fingerprint density at radius 3 is 2.65 bits per heavy atom. The predicted octanol–water partition coefficient (Wildman–Crippen LogP) is 3.36. The van der Waals surface area contributed by atoms with Gasteiger partial charge in [0.1, 0.15) is 5.82 Å². The Balaban J connectivity index is 1.87. The number of nitrogens with zero attached hydrogens (tertiary/aromatic N) is 1.